The fourth-order valence-corrected chi connectivity index (χ4v) is 5.73. The van der Waals surface area contributed by atoms with Gasteiger partial charge in [-0.15, -0.1) is 0 Å². The summed E-state index contributed by atoms with van der Waals surface area (Å²) in [5.74, 6) is -3.95. The second-order valence-corrected chi connectivity index (χ2v) is 10.8. The van der Waals surface area contributed by atoms with Crippen LogP contribution in [0.3, 0.4) is 0 Å². The average molecular weight is 617 g/mol. The maximum atomic E-state index is 14.5. The van der Waals surface area contributed by atoms with Crippen molar-refractivity contribution in [3.05, 3.63) is 94.1 Å². The number of benzene rings is 2. The number of carbonyl (C=O) groups is 3. The number of hydrogen-bond acceptors (Lipinski definition) is 5. The second-order valence-electron chi connectivity index (χ2n) is 10.4. The summed E-state index contributed by atoms with van der Waals surface area (Å²) in [4.78, 5) is 44.0. The molecule has 1 aliphatic rings. The Balaban J connectivity index is 1.52. The first kappa shape index (κ1) is 30.1. The highest BCUT2D eigenvalue weighted by molar-refractivity contribution is 6.35. The number of para-hydroxylation sites is 1. The maximum absolute atomic E-state index is 14.5. The summed E-state index contributed by atoms with van der Waals surface area (Å²) in [5.41, 5.74) is -1.13. The topological polar surface area (TPSA) is 105 Å². The van der Waals surface area contributed by atoms with E-state index in [0.717, 1.165) is 27.9 Å². The number of Topliss-reactive ketones (excluding diaryl/α,β-unsaturated/α-hetero) is 1. The van der Waals surface area contributed by atoms with Crippen molar-refractivity contribution in [3.63, 3.8) is 0 Å². The van der Waals surface area contributed by atoms with Gasteiger partial charge in [0.1, 0.15) is 5.82 Å². The van der Waals surface area contributed by atoms with E-state index < -0.39 is 59.4 Å². The summed E-state index contributed by atoms with van der Waals surface area (Å²) in [7, 11) is 0. The lowest BCUT2D eigenvalue weighted by molar-refractivity contribution is -0.147. The molecule has 0 unspecified atom stereocenters. The van der Waals surface area contributed by atoms with Gasteiger partial charge in [0.15, 0.2) is 11.5 Å². The number of pyridine rings is 1. The van der Waals surface area contributed by atoms with Gasteiger partial charge in [-0.3, -0.25) is 24.0 Å². The number of halogens is 5. The molecule has 0 saturated heterocycles. The van der Waals surface area contributed by atoms with E-state index in [4.69, 9.17) is 11.6 Å². The van der Waals surface area contributed by atoms with Gasteiger partial charge in [0.05, 0.1) is 40.8 Å². The lowest BCUT2D eigenvalue weighted by Gasteiger charge is -2.28. The molecule has 1 fully saturated rings. The molecule has 2 aromatic carbocycles. The molecule has 8 nitrogen and oxygen atoms in total. The predicted molar refractivity (Wildman–Crippen MR) is 148 cm³/mol. The zero-order valence-electron chi connectivity index (χ0n) is 22.5. The number of aliphatic carboxylic acids is 1. The molecule has 13 heteroatoms. The number of carboxylic acids is 1. The number of carboxylic acid groups (broad SMARTS) is 1. The van der Waals surface area contributed by atoms with Crippen LogP contribution in [0, 0.1) is 11.7 Å². The van der Waals surface area contributed by atoms with Crippen molar-refractivity contribution < 1.29 is 37.1 Å². The summed E-state index contributed by atoms with van der Waals surface area (Å²) in [5, 5.41) is 13.6. The van der Waals surface area contributed by atoms with Crippen molar-refractivity contribution in [2.75, 3.05) is 6.54 Å². The van der Waals surface area contributed by atoms with Crippen LogP contribution in [0.15, 0.2) is 60.9 Å². The van der Waals surface area contributed by atoms with Crippen LogP contribution in [0.2, 0.25) is 5.02 Å². The Morgan fingerprint density at radius 3 is 2.33 bits per heavy atom. The third-order valence-electron chi connectivity index (χ3n) is 7.60. The standard InChI is InChI=1S/C30H25ClF4N4O4/c31-23-14-36-24-4-2-1-3-21(24)26(23)25(40)16-38(15-17-5-9-19(32)10-6-17)28(41)22-13-37-39(27(22)30(33,34)35)20-11-7-18(8-12-20)29(42)43/h1-6,9-10,13-14,18,20H,7-8,11-12,15-16H2,(H,42,43). The number of fused-ring (bicyclic) bond motifs is 1. The number of rotatable bonds is 8. The van der Waals surface area contributed by atoms with Gasteiger partial charge in [-0.05, 0) is 49.4 Å². The molecule has 2 aromatic heterocycles. The maximum Gasteiger partial charge on any atom is 0.433 e. The van der Waals surface area contributed by atoms with E-state index in [1.807, 2.05) is 0 Å². The first-order chi connectivity index (χ1) is 20.4. The Morgan fingerprint density at radius 1 is 1.00 bits per heavy atom. The molecule has 0 aliphatic heterocycles. The van der Waals surface area contributed by atoms with Crippen LogP contribution in [0.1, 0.15) is 63.7 Å². The number of nitrogens with zero attached hydrogens (tertiary/aromatic N) is 4. The smallest absolute Gasteiger partial charge is 0.433 e. The Bertz CT molecular complexity index is 1680. The van der Waals surface area contributed by atoms with E-state index in [1.54, 1.807) is 24.3 Å². The van der Waals surface area contributed by atoms with Crippen LogP contribution in [0.4, 0.5) is 17.6 Å². The molecule has 224 valence electrons. The number of alkyl halides is 3. The molecule has 4 aromatic rings. The minimum atomic E-state index is -4.98. The van der Waals surface area contributed by atoms with Gasteiger partial charge in [-0.1, -0.05) is 41.9 Å². The van der Waals surface area contributed by atoms with Crippen molar-refractivity contribution in [2.24, 2.45) is 5.92 Å². The molecular formula is C30H25ClF4N4O4. The first-order valence-corrected chi connectivity index (χ1v) is 13.8. The van der Waals surface area contributed by atoms with Gasteiger partial charge in [0.2, 0.25) is 0 Å². The molecule has 43 heavy (non-hydrogen) atoms. The van der Waals surface area contributed by atoms with Crippen molar-refractivity contribution >= 4 is 40.2 Å². The number of ketones is 1. The molecule has 0 radical (unpaired) electrons. The predicted octanol–water partition coefficient (Wildman–Crippen LogP) is 6.58. The van der Waals surface area contributed by atoms with Crippen LogP contribution >= 0.6 is 11.6 Å². The Morgan fingerprint density at radius 2 is 1.67 bits per heavy atom. The van der Waals surface area contributed by atoms with Crippen LogP contribution in [0.25, 0.3) is 10.9 Å². The first-order valence-electron chi connectivity index (χ1n) is 13.4. The third-order valence-corrected chi connectivity index (χ3v) is 7.89. The highest BCUT2D eigenvalue weighted by Gasteiger charge is 2.43. The van der Waals surface area contributed by atoms with Crippen LogP contribution in [0.5, 0.6) is 0 Å². The highest BCUT2D eigenvalue weighted by atomic mass is 35.5. The zero-order valence-corrected chi connectivity index (χ0v) is 23.3. The van der Waals surface area contributed by atoms with Crippen molar-refractivity contribution in [2.45, 2.75) is 44.4 Å². The SMILES string of the molecule is O=C(CN(Cc1ccc(F)cc1)C(=O)c1cnn(C2CCC(C(=O)O)CC2)c1C(F)(F)F)c1c(Cl)cnc2ccccc12. The van der Waals surface area contributed by atoms with E-state index in [-0.39, 0.29) is 42.8 Å². The Kier molecular flexibility index (Phi) is 8.50. The number of carbonyl (C=O) groups excluding carboxylic acids is 2. The Hall–Kier alpha value is -4.32. The van der Waals surface area contributed by atoms with E-state index >= 15 is 0 Å². The average Bonchev–Trinajstić information content (AvgIpc) is 3.44. The quantitative estimate of drug-likeness (QED) is 0.177. The van der Waals surface area contributed by atoms with Crippen molar-refractivity contribution in [1.29, 1.82) is 0 Å². The molecule has 0 bridgehead atoms. The summed E-state index contributed by atoms with van der Waals surface area (Å²) in [6.45, 7) is -0.951. The van der Waals surface area contributed by atoms with Gasteiger partial charge < -0.3 is 10.0 Å². The molecular weight excluding hydrogens is 592 g/mol. The van der Waals surface area contributed by atoms with Gasteiger partial charge >= 0.3 is 12.1 Å². The third kappa shape index (κ3) is 6.38. The molecule has 5 rings (SSSR count). The second kappa shape index (κ2) is 12.1. The molecule has 0 spiro atoms. The van der Waals surface area contributed by atoms with Crippen LogP contribution < -0.4 is 0 Å². The molecule has 1 saturated carbocycles. The van der Waals surface area contributed by atoms with Gasteiger partial charge in [-0.2, -0.15) is 18.3 Å². The Labute approximate surface area is 247 Å². The van der Waals surface area contributed by atoms with Crippen molar-refractivity contribution in [1.82, 2.24) is 19.7 Å². The summed E-state index contributed by atoms with van der Waals surface area (Å²) < 4.78 is 57.8. The molecule has 2 heterocycles. The highest BCUT2D eigenvalue weighted by Crippen LogP contribution is 2.39. The zero-order chi connectivity index (χ0) is 30.9. The van der Waals surface area contributed by atoms with E-state index in [1.165, 1.54) is 18.3 Å². The summed E-state index contributed by atoms with van der Waals surface area (Å²) in [6, 6.07) is 10.9. The van der Waals surface area contributed by atoms with Crippen molar-refractivity contribution in [3.8, 4) is 0 Å². The summed E-state index contributed by atoms with van der Waals surface area (Å²) in [6.07, 6.45) is -2.25. The summed E-state index contributed by atoms with van der Waals surface area (Å²) >= 11 is 6.33. The lowest BCUT2D eigenvalue weighted by Crippen LogP contribution is -2.37. The van der Waals surface area contributed by atoms with E-state index in [0.29, 0.717) is 16.5 Å². The normalized spacial score (nSPS) is 17.1. The number of aromatic nitrogens is 3. The molecule has 0 atom stereocenters. The van der Waals surface area contributed by atoms with E-state index in [9.17, 15) is 37.1 Å². The minimum Gasteiger partial charge on any atom is -0.481 e. The number of hydrogen-bond donors (Lipinski definition) is 1. The largest absolute Gasteiger partial charge is 0.481 e. The van der Waals surface area contributed by atoms with E-state index in [2.05, 4.69) is 10.1 Å². The molecule has 1 N–H and O–H groups in total. The minimum absolute atomic E-state index is 0.0126. The molecule has 1 amide bonds. The van der Waals surface area contributed by atoms with Crippen LogP contribution in [-0.4, -0.2) is 49.0 Å². The van der Waals surface area contributed by atoms with Gasteiger partial charge in [0.25, 0.3) is 5.91 Å². The number of amides is 1. The lowest BCUT2D eigenvalue weighted by atomic mass is 9.86. The fourth-order valence-electron chi connectivity index (χ4n) is 5.48. The van der Waals surface area contributed by atoms with Gasteiger partial charge in [-0.25, -0.2) is 4.39 Å². The van der Waals surface area contributed by atoms with Crippen LogP contribution in [-0.2, 0) is 17.5 Å². The molecule has 1 aliphatic carbocycles. The van der Waals surface area contributed by atoms with Gasteiger partial charge in [0, 0.05) is 23.7 Å². The monoisotopic (exact) mass is 616 g/mol. The fraction of sp³-hybridized carbons (Fsp3) is 0.300.